The molecule has 4 N–H and O–H groups in total. The van der Waals surface area contributed by atoms with Gasteiger partial charge in [0.25, 0.3) is 0 Å². The van der Waals surface area contributed by atoms with E-state index in [1.807, 2.05) is 37.3 Å². The third-order valence-corrected chi connectivity index (χ3v) is 4.52. The van der Waals surface area contributed by atoms with Crippen LogP contribution >= 0.6 is 0 Å². The maximum atomic E-state index is 12.4. The number of benzene rings is 1. The van der Waals surface area contributed by atoms with Crippen LogP contribution in [0, 0.1) is 0 Å². The first kappa shape index (κ1) is 22.7. The van der Waals surface area contributed by atoms with Crippen molar-refractivity contribution >= 4 is 17.7 Å². The highest BCUT2D eigenvalue weighted by molar-refractivity contribution is 5.91. The van der Waals surface area contributed by atoms with Gasteiger partial charge < -0.3 is 16.4 Å². The fourth-order valence-corrected chi connectivity index (χ4v) is 2.84. The first-order chi connectivity index (χ1) is 12.9. The summed E-state index contributed by atoms with van der Waals surface area (Å²) in [5.41, 5.74) is 6.35. The Balaban J connectivity index is 2.48. The van der Waals surface area contributed by atoms with Crippen molar-refractivity contribution in [3.63, 3.8) is 0 Å². The summed E-state index contributed by atoms with van der Waals surface area (Å²) in [4.78, 5) is 35.8. The van der Waals surface area contributed by atoms with Crippen molar-refractivity contribution < 1.29 is 14.4 Å². The average molecular weight is 376 g/mol. The van der Waals surface area contributed by atoms with Crippen LogP contribution < -0.4 is 16.4 Å². The van der Waals surface area contributed by atoms with Crippen molar-refractivity contribution in [1.29, 1.82) is 0 Å². The van der Waals surface area contributed by atoms with Crippen LogP contribution in [0.3, 0.4) is 0 Å². The molecule has 1 aromatic rings. The van der Waals surface area contributed by atoms with Crippen molar-refractivity contribution in [2.75, 3.05) is 6.54 Å². The number of unbranched alkanes of at least 4 members (excludes halogenated alkanes) is 4. The number of hydrogen-bond acceptors (Lipinski definition) is 3. The van der Waals surface area contributed by atoms with Crippen LogP contribution in [0.1, 0.15) is 70.3 Å². The summed E-state index contributed by atoms with van der Waals surface area (Å²) in [5.74, 6) is -1.09. The summed E-state index contributed by atoms with van der Waals surface area (Å²) in [6, 6.07) is 8.91. The second-order valence-corrected chi connectivity index (χ2v) is 7.01. The smallest absolute Gasteiger partial charge is 0.243 e. The van der Waals surface area contributed by atoms with Gasteiger partial charge in [0.2, 0.25) is 17.7 Å². The Bertz CT molecular complexity index is 590. The Morgan fingerprint density at radius 3 is 2.33 bits per heavy atom. The van der Waals surface area contributed by atoms with Crippen LogP contribution in [-0.2, 0) is 14.4 Å². The van der Waals surface area contributed by atoms with Gasteiger partial charge in [0.15, 0.2) is 0 Å². The summed E-state index contributed by atoms with van der Waals surface area (Å²) in [6.45, 7) is 4.57. The molecule has 150 valence electrons. The van der Waals surface area contributed by atoms with E-state index in [4.69, 9.17) is 5.73 Å². The highest BCUT2D eigenvalue weighted by Crippen LogP contribution is 2.13. The van der Waals surface area contributed by atoms with Gasteiger partial charge in [0, 0.05) is 13.0 Å². The molecule has 6 heteroatoms. The molecular weight excluding hydrogens is 342 g/mol. The fourth-order valence-electron chi connectivity index (χ4n) is 2.84. The Morgan fingerprint density at radius 1 is 1.04 bits per heavy atom. The van der Waals surface area contributed by atoms with Crippen LogP contribution in [-0.4, -0.2) is 30.3 Å². The number of primary amides is 1. The normalized spacial score (nSPS) is 12.8. The quantitative estimate of drug-likeness (QED) is 0.462. The summed E-state index contributed by atoms with van der Waals surface area (Å²) < 4.78 is 0. The summed E-state index contributed by atoms with van der Waals surface area (Å²) in [5, 5.41) is 5.47. The number of carbonyl (C=O) groups is 3. The molecule has 0 spiro atoms. The lowest BCUT2D eigenvalue weighted by Gasteiger charge is -2.19. The van der Waals surface area contributed by atoms with Gasteiger partial charge in [0.05, 0.1) is 6.42 Å². The predicted octanol–water partition coefficient (Wildman–Crippen LogP) is 2.63. The second-order valence-electron chi connectivity index (χ2n) is 7.01. The van der Waals surface area contributed by atoms with Crippen molar-refractivity contribution in [2.45, 2.75) is 70.8 Å². The molecule has 2 unspecified atom stereocenters. The molecule has 0 aromatic heterocycles. The average Bonchev–Trinajstić information content (AvgIpc) is 2.65. The maximum absolute atomic E-state index is 12.4. The molecule has 0 radical (unpaired) electrons. The van der Waals surface area contributed by atoms with Gasteiger partial charge in [-0.05, 0) is 17.9 Å². The van der Waals surface area contributed by atoms with Gasteiger partial charge in [-0.1, -0.05) is 69.9 Å². The monoisotopic (exact) mass is 375 g/mol. The number of hydrogen-bond donors (Lipinski definition) is 3. The Morgan fingerprint density at radius 2 is 1.70 bits per heavy atom. The van der Waals surface area contributed by atoms with Gasteiger partial charge in [-0.3, -0.25) is 14.4 Å². The van der Waals surface area contributed by atoms with E-state index in [0.29, 0.717) is 13.0 Å². The van der Waals surface area contributed by atoms with E-state index in [9.17, 15) is 14.4 Å². The molecule has 0 heterocycles. The topological polar surface area (TPSA) is 101 Å². The molecule has 0 fully saturated rings. The zero-order valence-electron chi connectivity index (χ0n) is 16.5. The summed E-state index contributed by atoms with van der Waals surface area (Å²) in [6.07, 6.45) is 5.33. The molecular formula is C21H33N3O3. The fraction of sp³-hybridized carbons (Fsp3) is 0.571. The zero-order valence-corrected chi connectivity index (χ0v) is 16.5. The minimum atomic E-state index is -0.923. The highest BCUT2D eigenvalue weighted by atomic mass is 16.2. The molecule has 2 atom stereocenters. The third-order valence-electron chi connectivity index (χ3n) is 4.52. The first-order valence-corrected chi connectivity index (χ1v) is 9.84. The van der Waals surface area contributed by atoms with Gasteiger partial charge >= 0.3 is 0 Å². The minimum absolute atomic E-state index is 0.124. The lowest BCUT2D eigenvalue weighted by atomic mass is 10.0. The first-order valence-electron chi connectivity index (χ1n) is 9.84. The Kier molecular flexibility index (Phi) is 10.8. The molecule has 1 aromatic carbocycles. The van der Waals surface area contributed by atoms with Crippen LogP contribution in [0.2, 0.25) is 0 Å². The van der Waals surface area contributed by atoms with E-state index >= 15 is 0 Å². The van der Waals surface area contributed by atoms with E-state index in [1.165, 1.54) is 0 Å². The van der Waals surface area contributed by atoms with Crippen molar-refractivity contribution in [3.8, 4) is 0 Å². The molecule has 0 saturated heterocycles. The molecule has 3 amide bonds. The van der Waals surface area contributed by atoms with Crippen molar-refractivity contribution in [1.82, 2.24) is 10.6 Å². The Labute approximate surface area is 162 Å². The molecule has 0 aliphatic rings. The number of nitrogens with one attached hydrogen (secondary N) is 2. The van der Waals surface area contributed by atoms with Crippen LogP contribution in [0.4, 0.5) is 0 Å². The minimum Gasteiger partial charge on any atom is -0.370 e. The van der Waals surface area contributed by atoms with Gasteiger partial charge in [-0.2, -0.15) is 0 Å². The van der Waals surface area contributed by atoms with Crippen molar-refractivity contribution in [3.05, 3.63) is 35.9 Å². The van der Waals surface area contributed by atoms with E-state index < -0.39 is 11.9 Å². The van der Waals surface area contributed by atoms with Gasteiger partial charge in [0.1, 0.15) is 6.04 Å². The number of carbonyl (C=O) groups excluding carboxylic acids is 3. The van der Waals surface area contributed by atoms with E-state index in [2.05, 4.69) is 17.6 Å². The van der Waals surface area contributed by atoms with E-state index in [-0.39, 0.29) is 24.2 Å². The number of nitrogens with two attached hydrogens (primary N) is 1. The second kappa shape index (κ2) is 12.9. The van der Waals surface area contributed by atoms with Crippen LogP contribution in [0.15, 0.2) is 30.3 Å². The van der Waals surface area contributed by atoms with Gasteiger partial charge in [-0.25, -0.2) is 0 Å². The lowest BCUT2D eigenvalue weighted by Crippen LogP contribution is -2.49. The zero-order chi connectivity index (χ0) is 20.1. The maximum Gasteiger partial charge on any atom is 0.243 e. The lowest BCUT2D eigenvalue weighted by molar-refractivity contribution is -0.131. The van der Waals surface area contributed by atoms with Crippen LogP contribution in [0.5, 0.6) is 0 Å². The highest BCUT2D eigenvalue weighted by Gasteiger charge is 2.23. The van der Waals surface area contributed by atoms with E-state index in [1.54, 1.807) is 0 Å². The van der Waals surface area contributed by atoms with E-state index in [0.717, 1.165) is 37.7 Å². The Hall–Kier alpha value is -2.37. The molecule has 0 bridgehead atoms. The molecule has 0 saturated carbocycles. The standard InChI is InChI=1S/C21H33N3O3/c1-3-4-5-6-10-13-20(26)24-18(14-19(22)25)21(27)23-15-16(2)17-11-8-7-9-12-17/h7-9,11-12,16,18H,3-6,10,13-15H2,1-2H3,(H2,22,25)(H,23,27)(H,24,26). The summed E-state index contributed by atoms with van der Waals surface area (Å²) in [7, 11) is 0. The number of rotatable bonds is 13. The summed E-state index contributed by atoms with van der Waals surface area (Å²) >= 11 is 0. The van der Waals surface area contributed by atoms with Gasteiger partial charge in [-0.15, -0.1) is 0 Å². The third kappa shape index (κ3) is 9.78. The molecule has 27 heavy (non-hydrogen) atoms. The molecule has 1 rings (SSSR count). The largest absolute Gasteiger partial charge is 0.370 e. The van der Waals surface area contributed by atoms with Crippen LogP contribution in [0.25, 0.3) is 0 Å². The predicted molar refractivity (Wildman–Crippen MR) is 107 cm³/mol. The number of amides is 3. The van der Waals surface area contributed by atoms with Crippen molar-refractivity contribution in [2.24, 2.45) is 5.73 Å². The molecule has 6 nitrogen and oxygen atoms in total. The molecule has 0 aliphatic heterocycles. The SMILES string of the molecule is CCCCCCCC(=O)NC(CC(N)=O)C(=O)NCC(C)c1ccccc1. The molecule has 0 aliphatic carbocycles.